The highest BCUT2D eigenvalue weighted by atomic mass is 19.1. The Morgan fingerprint density at radius 2 is 1.96 bits per heavy atom. The number of hydrogen-bond donors (Lipinski definition) is 2. The Kier molecular flexibility index (Phi) is 5.43. The van der Waals surface area contributed by atoms with Gasteiger partial charge >= 0.3 is 0 Å². The van der Waals surface area contributed by atoms with Crippen LogP contribution in [0.2, 0.25) is 0 Å². The number of benzene rings is 2. The number of hydrogen-bond acceptors (Lipinski definition) is 4. The molecule has 0 fully saturated rings. The molecule has 0 saturated heterocycles. The number of ether oxygens (including phenoxy) is 1. The molecule has 1 aromatic heterocycles. The van der Waals surface area contributed by atoms with Crippen LogP contribution in [-0.2, 0) is 11.2 Å². The van der Waals surface area contributed by atoms with Crippen molar-refractivity contribution >= 4 is 23.1 Å². The molecule has 0 aliphatic carbocycles. The van der Waals surface area contributed by atoms with E-state index in [0.717, 1.165) is 5.69 Å². The highest BCUT2D eigenvalue weighted by Gasteiger charge is 2.07. The molecule has 26 heavy (non-hydrogen) atoms. The van der Waals surface area contributed by atoms with Crippen molar-refractivity contribution in [3.05, 3.63) is 78.2 Å². The molecule has 1 heterocycles. The average Bonchev–Trinajstić information content (AvgIpc) is 2.64. The SMILES string of the molecule is COc1ccccc1Nc1ccc(NC(=O)Cc2cccc(F)c2)cn1. The molecule has 3 rings (SSSR count). The fourth-order valence-corrected chi connectivity index (χ4v) is 2.47. The first-order valence-corrected chi connectivity index (χ1v) is 8.04. The van der Waals surface area contributed by atoms with Crippen LogP contribution < -0.4 is 15.4 Å². The molecule has 0 bridgehead atoms. The van der Waals surface area contributed by atoms with E-state index in [-0.39, 0.29) is 18.1 Å². The van der Waals surface area contributed by atoms with Gasteiger partial charge in [0.05, 0.1) is 31.1 Å². The van der Waals surface area contributed by atoms with Crippen molar-refractivity contribution in [2.75, 3.05) is 17.7 Å². The number of carbonyl (C=O) groups is 1. The molecular weight excluding hydrogens is 333 g/mol. The summed E-state index contributed by atoms with van der Waals surface area (Å²) in [5.41, 5.74) is 1.98. The van der Waals surface area contributed by atoms with Gasteiger partial charge in [0, 0.05) is 0 Å². The van der Waals surface area contributed by atoms with Crippen LogP contribution in [0.15, 0.2) is 66.9 Å². The summed E-state index contributed by atoms with van der Waals surface area (Å²) in [4.78, 5) is 16.3. The molecule has 0 atom stereocenters. The molecule has 132 valence electrons. The van der Waals surface area contributed by atoms with Crippen molar-refractivity contribution in [3.8, 4) is 5.75 Å². The molecule has 0 radical (unpaired) electrons. The second kappa shape index (κ2) is 8.11. The van der Waals surface area contributed by atoms with Crippen LogP contribution in [0.4, 0.5) is 21.6 Å². The van der Waals surface area contributed by atoms with Gasteiger partial charge < -0.3 is 15.4 Å². The van der Waals surface area contributed by atoms with Crippen LogP contribution in [0.1, 0.15) is 5.56 Å². The standard InChI is InChI=1S/C20H18FN3O2/c1-26-18-8-3-2-7-17(18)24-19-10-9-16(13-22-19)23-20(25)12-14-5-4-6-15(21)11-14/h2-11,13H,12H2,1H3,(H,22,24)(H,23,25). The van der Waals surface area contributed by atoms with Gasteiger partial charge in [-0.1, -0.05) is 24.3 Å². The zero-order chi connectivity index (χ0) is 18.4. The second-order valence-corrected chi connectivity index (χ2v) is 5.61. The van der Waals surface area contributed by atoms with E-state index in [1.165, 1.54) is 12.1 Å². The minimum atomic E-state index is -0.358. The smallest absolute Gasteiger partial charge is 0.228 e. The number of nitrogens with zero attached hydrogens (tertiary/aromatic N) is 1. The number of rotatable bonds is 6. The molecule has 1 amide bonds. The van der Waals surface area contributed by atoms with E-state index in [0.29, 0.717) is 22.8 Å². The van der Waals surface area contributed by atoms with Crippen LogP contribution in [0.5, 0.6) is 5.75 Å². The normalized spacial score (nSPS) is 10.2. The Morgan fingerprint density at radius 1 is 1.12 bits per heavy atom. The third-order valence-electron chi connectivity index (χ3n) is 3.67. The first-order valence-electron chi connectivity index (χ1n) is 8.04. The molecule has 0 aliphatic rings. The van der Waals surface area contributed by atoms with Crippen LogP contribution in [0, 0.1) is 5.82 Å². The zero-order valence-electron chi connectivity index (χ0n) is 14.2. The van der Waals surface area contributed by atoms with Crippen LogP contribution >= 0.6 is 0 Å². The fourth-order valence-electron chi connectivity index (χ4n) is 2.47. The van der Waals surface area contributed by atoms with E-state index in [9.17, 15) is 9.18 Å². The number of anilines is 3. The number of carbonyl (C=O) groups excluding carboxylic acids is 1. The molecule has 0 saturated carbocycles. The van der Waals surface area contributed by atoms with Crippen molar-refractivity contribution in [3.63, 3.8) is 0 Å². The maximum Gasteiger partial charge on any atom is 0.228 e. The number of amides is 1. The monoisotopic (exact) mass is 351 g/mol. The molecular formula is C20H18FN3O2. The Hall–Kier alpha value is -3.41. The second-order valence-electron chi connectivity index (χ2n) is 5.61. The minimum absolute atomic E-state index is 0.0962. The predicted molar refractivity (Wildman–Crippen MR) is 99.2 cm³/mol. The summed E-state index contributed by atoms with van der Waals surface area (Å²) in [6.45, 7) is 0. The summed E-state index contributed by atoms with van der Waals surface area (Å²) in [5.74, 6) is 0.742. The zero-order valence-corrected chi connectivity index (χ0v) is 14.2. The van der Waals surface area contributed by atoms with Crippen molar-refractivity contribution in [1.29, 1.82) is 0 Å². The Balaban J connectivity index is 1.61. The third-order valence-corrected chi connectivity index (χ3v) is 3.67. The van der Waals surface area contributed by atoms with E-state index < -0.39 is 0 Å². The molecule has 0 aliphatic heterocycles. The Bertz CT molecular complexity index is 898. The van der Waals surface area contributed by atoms with Gasteiger partial charge in [-0.05, 0) is 42.0 Å². The first kappa shape index (κ1) is 17.4. The van der Waals surface area contributed by atoms with E-state index in [4.69, 9.17) is 4.74 Å². The average molecular weight is 351 g/mol. The number of nitrogens with one attached hydrogen (secondary N) is 2. The quantitative estimate of drug-likeness (QED) is 0.700. The van der Waals surface area contributed by atoms with E-state index in [1.807, 2.05) is 24.3 Å². The van der Waals surface area contributed by atoms with E-state index in [1.54, 1.807) is 37.6 Å². The highest BCUT2D eigenvalue weighted by Crippen LogP contribution is 2.26. The molecule has 3 aromatic rings. The molecule has 2 N–H and O–H groups in total. The maximum absolute atomic E-state index is 13.2. The lowest BCUT2D eigenvalue weighted by atomic mass is 10.1. The maximum atomic E-state index is 13.2. The van der Waals surface area contributed by atoms with Crippen LogP contribution in [0.3, 0.4) is 0 Å². The van der Waals surface area contributed by atoms with Gasteiger partial charge in [-0.2, -0.15) is 0 Å². The first-order chi connectivity index (χ1) is 12.6. The van der Waals surface area contributed by atoms with Gasteiger partial charge in [0.15, 0.2) is 0 Å². The number of methoxy groups -OCH3 is 1. The summed E-state index contributed by atoms with van der Waals surface area (Å²) in [6, 6.07) is 17.0. The van der Waals surface area contributed by atoms with Crippen LogP contribution in [-0.4, -0.2) is 18.0 Å². The number of halogens is 1. The lowest BCUT2D eigenvalue weighted by molar-refractivity contribution is -0.115. The van der Waals surface area contributed by atoms with Crippen LogP contribution in [0.25, 0.3) is 0 Å². The molecule has 0 unspecified atom stereocenters. The van der Waals surface area contributed by atoms with Gasteiger partial charge in [0.2, 0.25) is 5.91 Å². The largest absolute Gasteiger partial charge is 0.495 e. The lowest BCUT2D eigenvalue weighted by Crippen LogP contribution is -2.14. The fraction of sp³-hybridized carbons (Fsp3) is 0.100. The molecule has 2 aromatic carbocycles. The Labute approximate surface area is 150 Å². The number of para-hydroxylation sites is 2. The van der Waals surface area contributed by atoms with E-state index >= 15 is 0 Å². The van der Waals surface area contributed by atoms with Crippen molar-refractivity contribution < 1.29 is 13.9 Å². The molecule has 5 nitrogen and oxygen atoms in total. The van der Waals surface area contributed by atoms with Crippen molar-refractivity contribution in [2.24, 2.45) is 0 Å². The van der Waals surface area contributed by atoms with Crippen molar-refractivity contribution in [2.45, 2.75) is 6.42 Å². The topological polar surface area (TPSA) is 63.2 Å². The molecule has 6 heteroatoms. The Morgan fingerprint density at radius 3 is 2.69 bits per heavy atom. The number of pyridine rings is 1. The van der Waals surface area contributed by atoms with Crippen molar-refractivity contribution in [1.82, 2.24) is 4.98 Å². The van der Waals surface area contributed by atoms with E-state index in [2.05, 4.69) is 15.6 Å². The lowest BCUT2D eigenvalue weighted by Gasteiger charge is -2.11. The summed E-state index contributed by atoms with van der Waals surface area (Å²) in [6.07, 6.45) is 1.65. The highest BCUT2D eigenvalue weighted by molar-refractivity contribution is 5.92. The molecule has 0 spiro atoms. The number of aromatic nitrogens is 1. The van der Waals surface area contributed by atoms with Gasteiger partial charge in [-0.15, -0.1) is 0 Å². The summed E-state index contributed by atoms with van der Waals surface area (Å²) < 4.78 is 18.4. The summed E-state index contributed by atoms with van der Waals surface area (Å²) in [7, 11) is 1.60. The van der Waals surface area contributed by atoms with Gasteiger partial charge in [-0.3, -0.25) is 4.79 Å². The third kappa shape index (κ3) is 4.57. The summed E-state index contributed by atoms with van der Waals surface area (Å²) >= 11 is 0. The summed E-state index contributed by atoms with van der Waals surface area (Å²) in [5, 5.41) is 5.91. The predicted octanol–water partition coefficient (Wildman–Crippen LogP) is 4.15. The van der Waals surface area contributed by atoms with Gasteiger partial charge in [0.1, 0.15) is 17.4 Å². The van der Waals surface area contributed by atoms with Gasteiger partial charge in [-0.25, -0.2) is 9.37 Å². The van der Waals surface area contributed by atoms with Gasteiger partial charge in [0.25, 0.3) is 0 Å². The minimum Gasteiger partial charge on any atom is -0.495 e.